The first-order chi connectivity index (χ1) is 9.13. The molecule has 2 heterocycles. The minimum Gasteiger partial charge on any atom is -0.393 e. The topological polar surface area (TPSA) is 72.0 Å². The molecule has 0 saturated heterocycles. The molecular weight excluding hydrogens is 242 g/mol. The Bertz CT molecular complexity index is 496. The Labute approximate surface area is 112 Å². The first-order valence-corrected chi connectivity index (χ1v) is 6.53. The van der Waals surface area contributed by atoms with Crippen LogP contribution in [0.25, 0.3) is 0 Å². The molecular formula is C14H19N3O2. The highest BCUT2D eigenvalue weighted by atomic mass is 16.5. The van der Waals surface area contributed by atoms with Gasteiger partial charge in [0.05, 0.1) is 18.9 Å². The van der Waals surface area contributed by atoms with Crippen molar-refractivity contribution in [3.63, 3.8) is 0 Å². The summed E-state index contributed by atoms with van der Waals surface area (Å²) < 4.78 is 5.14. The van der Waals surface area contributed by atoms with Gasteiger partial charge in [-0.15, -0.1) is 0 Å². The van der Waals surface area contributed by atoms with Gasteiger partial charge in [0, 0.05) is 11.9 Å². The normalized spacial score (nSPS) is 12.8. The van der Waals surface area contributed by atoms with Crippen molar-refractivity contribution in [2.45, 2.75) is 39.2 Å². The van der Waals surface area contributed by atoms with Crippen molar-refractivity contribution >= 4 is 0 Å². The highest BCUT2D eigenvalue weighted by Gasteiger charge is 2.14. The largest absolute Gasteiger partial charge is 0.393 e. The molecule has 0 spiro atoms. The van der Waals surface area contributed by atoms with Gasteiger partial charge in [-0.3, -0.25) is 4.98 Å². The summed E-state index contributed by atoms with van der Waals surface area (Å²) in [4.78, 5) is 8.49. The zero-order valence-electron chi connectivity index (χ0n) is 11.3. The number of aliphatic hydroxyl groups excluding tert-OH is 1. The van der Waals surface area contributed by atoms with Crippen molar-refractivity contribution in [3.05, 3.63) is 41.8 Å². The summed E-state index contributed by atoms with van der Waals surface area (Å²) >= 11 is 0. The summed E-state index contributed by atoms with van der Waals surface area (Å²) in [5.41, 5.74) is 0.901. The summed E-state index contributed by atoms with van der Waals surface area (Å²) in [5, 5.41) is 13.7. The fraction of sp³-hybridized carbons (Fsp3) is 0.500. The maximum absolute atomic E-state index is 9.83. The molecule has 0 fully saturated rings. The van der Waals surface area contributed by atoms with Gasteiger partial charge >= 0.3 is 0 Å². The molecule has 0 radical (unpaired) electrons. The van der Waals surface area contributed by atoms with E-state index in [-0.39, 0.29) is 0 Å². The van der Waals surface area contributed by atoms with Crippen LogP contribution in [0.15, 0.2) is 28.9 Å². The Kier molecular flexibility index (Phi) is 4.63. The third-order valence-electron chi connectivity index (χ3n) is 2.73. The molecule has 5 nitrogen and oxygen atoms in total. The molecule has 0 aromatic carbocycles. The zero-order valence-corrected chi connectivity index (χ0v) is 11.3. The lowest BCUT2D eigenvalue weighted by molar-refractivity contribution is 0.138. The molecule has 0 aliphatic rings. The highest BCUT2D eigenvalue weighted by Crippen LogP contribution is 2.10. The van der Waals surface area contributed by atoms with Crippen LogP contribution >= 0.6 is 0 Å². The zero-order chi connectivity index (χ0) is 13.7. The molecule has 2 aromatic rings. The molecule has 1 N–H and O–H groups in total. The number of pyridine rings is 1. The van der Waals surface area contributed by atoms with Gasteiger partial charge in [0.1, 0.15) is 0 Å². The molecule has 2 aromatic heterocycles. The molecule has 102 valence electrons. The van der Waals surface area contributed by atoms with Crippen LogP contribution in [0.2, 0.25) is 0 Å². The number of aliphatic hydroxyl groups is 1. The molecule has 0 aliphatic carbocycles. The van der Waals surface area contributed by atoms with Gasteiger partial charge in [0.25, 0.3) is 0 Å². The Morgan fingerprint density at radius 2 is 2.16 bits per heavy atom. The summed E-state index contributed by atoms with van der Waals surface area (Å²) in [5.74, 6) is 1.54. The number of hydrogen-bond acceptors (Lipinski definition) is 5. The third kappa shape index (κ3) is 4.44. The number of hydrogen-bond donors (Lipinski definition) is 1. The van der Waals surface area contributed by atoms with E-state index in [4.69, 9.17) is 4.52 Å². The number of nitrogens with zero attached hydrogens (tertiary/aromatic N) is 3. The van der Waals surface area contributed by atoms with Crippen molar-refractivity contribution in [2.24, 2.45) is 5.92 Å². The minimum absolute atomic E-state index is 0.410. The van der Waals surface area contributed by atoms with E-state index in [9.17, 15) is 5.11 Å². The van der Waals surface area contributed by atoms with Gasteiger partial charge in [-0.2, -0.15) is 4.98 Å². The van der Waals surface area contributed by atoms with Crippen LogP contribution in [-0.2, 0) is 12.8 Å². The maximum atomic E-state index is 9.83. The molecule has 5 heteroatoms. The lowest BCUT2D eigenvalue weighted by atomic mass is 10.0. The van der Waals surface area contributed by atoms with Crippen LogP contribution in [0.1, 0.15) is 37.7 Å². The Hall–Kier alpha value is -1.75. The fourth-order valence-electron chi connectivity index (χ4n) is 1.94. The van der Waals surface area contributed by atoms with Crippen LogP contribution in [0.5, 0.6) is 0 Å². The van der Waals surface area contributed by atoms with E-state index in [1.807, 2.05) is 18.2 Å². The monoisotopic (exact) mass is 261 g/mol. The van der Waals surface area contributed by atoms with Gasteiger partial charge < -0.3 is 9.63 Å². The summed E-state index contributed by atoms with van der Waals surface area (Å²) in [6.07, 6.45) is 3.00. The van der Waals surface area contributed by atoms with Gasteiger partial charge in [-0.05, 0) is 24.5 Å². The lowest BCUT2D eigenvalue weighted by Crippen LogP contribution is -2.13. The average molecular weight is 261 g/mol. The highest BCUT2D eigenvalue weighted by molar-refractivity contribution is 5.09. The summed E-state index contributed by atoms with van der Waals surface area (Å²) in [6, 6.07) is 5.72. The third-order valence-corrected chi connectivity index (χ3v) is 2.73. The Morgan fingerprint density at radius 1 is 1.32 bits per heavy atom. The molecule has 2 rings (SSSR count). The van der Waals surface area contributed by atoms with Crippen molar-refractivity contribution in [1.82, 2.24) is 15.1 Å². The van der Waals surface area contributed by atoms with Crippen molar-refractivity contribution < 1.29 is 9.63 Å². The van der Waals surface area contributed by atoms with E-state index in [0.717, 1.165) is 12.1 Å². The van der Waals surface area contributed by atoms with Gasteiger partial charge in [-0.1, -0.05) is 25.1 Å². The summed E-state index contributed by atoms with van der Waals surface area (Å²) in [6.45, 7) is 4.15. The van der Waals surface area contributed by atoms with E-state index in [2.05, 4.69) is 29.0 Å². The Morgan fingerprint density at radius 3 is 2.84 bits per heavy atom. The number of aromatic nitrogens is 3. The van der Waals surface area contributed by atoms with Gasteiger partial charge in [0.15, 0.2) is 5.82 Å². The van der Waals surface area contributed by atoms with Crippen LogP contribution in [-0.4, -0.2) is 26.3 Å². The molecule has 0 saturated carbocycles. The summed E-state index contributed by atoms with van der Waals surface area (Å²) in [7, 11) is 0. The molecule has 0 aliphatic heterocycles. The number of rotatable bonds is 6. The average Bonchev–Trinajstić information content (AvgIpc) is 2.76. The van der Waals surface area contributed by atoms with Gasteiger partial charge in [0.2, 0.25) is 5.89 Å². The van der Waals surface area contributed by atoms with E-state index in [1.165, 1.54) is 0 Å². The predicted octanol–water partition coefficient (Wildman–Crippen LogP) is 2.00. The van der Waals surface area contributed by atoms with E-state index in [1.54, 1.807) is 6.20 Å². The molecule has 0 amide bonds. The standard InChI is InChI=1S/C14H19N3O2/c1-10(2)7-12(18)9-14-16-13(17-19-14)8-11-5-3-4-6-15-11/h3-6,10,12,18H,7-9H2,1-2H3. The van der Waals surface area contributed by atoms with Gasteiger partial charge in [-0.25, -0.2) is 0 Å². The van der Waals surface area contributed by atoms with Crippen molar-refractivity contribution in [2.75, 3.05) is 0 Å². The second-order valence-electron chi connectivity index (χ2n) is 5.09. The fourth-order valence-corrected chi connectivity index (χ4v) is 1.94. The van der Waals surface area contributed by atoms with E-state index < -0.39 is 6.10 Å². The van der Waals surface area contributed by atoms with Crippen molar-refractivity contribution in [1.29, 1.82) is 0 Å². The molecule has 0 bridgehead atoms. The maximum Gasteiger partial charge on any atom is 0.229 e. The molecule has 1 atom stereocenters. The smallest absolute Gasteiger partial charge is 0.229 e. The van der Waals surface area contributed by atoms with E-state index in [0.29, 0.717) is 30.5 Å². The van der Waals surface area contributed by atoms with Crippen LogP contribution in [0, 0.1) is 5.92 Å². The SMILES string of the molecule is CC(C)CC(O)Cc1nc(Cc2ccccn2)no1. The molecule has 1 unspecified atom stereocenters. The van der Waals surface area contributed by atoms with Crippen molar-refractivity contribution in [3.8, 4) is 0 Å². The van der Waals surface area contributed by atoms with Crippen LogP contribution in [0.3, 0.4) is 0 Å². The first-order valence-electron chi connectivity index (χ1n) is 6.53. The van der Waals surface area contributed by atoms with E-state index >= 15 is 0 Å². The minimum atomic E-state index is -0.428. The van der Waals surface area contributed by atoms with Crippen LogP contribution in [0.4, 0.5) is 0 Å². The second kappa shape index (κ2) is 6.43. The van der Waals surface area contributed by atoms with Crippen LogP contribution < -0.4 is 0 Å². The first kappa shape index (κ1) is 13.7. The second-order valence-corrected chi connectivity index (χ2v) is 5.09. The molecule has 19 heavy (non-hydrogen) atoms. The quantitative estimate of drug-likeness (QED) is 0.861. The predicted molar refractivity (Wildman–Crippen MR) is 70.5 cm³/mol. The Balaban J connectivity index is 1.92. The lowest BCUT2D eigenvalue weighted by Gasteiger charge is -2.09.